The average molecular weight is 279 g/mol. The fourth-order valence-electron chi connectivity index (χ4n) is 2.92. The van der Waals surface area contributed by atoms with Crippen LogP contribution in [-0.2, 0) is 23.2 Å². The molecule has 0 aliphatic heterocycles. The van der Waals surface area contributed by atoms with Crippen LogP contribution >= 0.6 is 0 Å². The number of carbonyl (C=O) groups excluding carboxylic acids is 1. The molecule has 2 N–H and O–H groups in total. The molecule has 0 bridgehead atoms. The fourth-order valence-corrected chi connectivity index (χ4v) is 2.92. The lowest BCUT2D eigenvalue weighted by molar-refractivity contribution is -0.146. The van der Waals surface area contributed by atoms with E-state index in [-0.39, 0.29) is 5.91 Å². The number of rotatable bonds is 5. The highest BCUT2D eigenvalue weighted by molar-refractivity contribution is 5.85. The van der Waals surface area contributed by atoms with Gasteiger partial charge in [-0.2, -0.15) is 5.10 Å². The Bertz CT molecular complexity index is 498. The summed E-state index contributed by atoms with van der Waals surface area (Å²) in [7, 11) is 1.81. The molecule has 3 unspecified atom stereocenters. The van der Waals surface area contributed by atoms with Gasteiger partial charge in [-0.05, 0) is 24.8 Å². The van der Waals surface area contributed by atoms with Crippen molar-refractivity contribution in [3.05, 3.63) is 18.0 Å². The van der Waals surface area contributed by atoms with Crippen LogP contribution in [-0.4, -0.2) is 26.8 Å². The lowest BCUT2D eigenvalue weighted by Crippen LogP contribution is -2.35. The molecular formula is C14H21N3O3. The molecule has 6 heteroatoms. The van der Waals surface area contributed by atoms with E-state index in [4.69, 9.17) is 0 Å². The zero-order chi connectivity index (χ0) is 14.7. The second-order valence-electron chi connectivity index (χ2n) is 5.46. The molecule has 20 heavy (non-hydrogen) atoms. The van der Waals surface area contributed by atoms with Gasteiger partial charge in [0.15, 0.2) is 0 Å². The molecule has 1 aliphatic rings. The fraction of sp³-hybridized carbons (Fsp3) is 0.643. The van der Waals surface area contributed by atoms with Gasteiger partial charge in [0.1, 0.15) is 0 Å². The van der Waals surface area contributed by atoms with E-state index < -0.39 is 17.8 Å². The predicted molar refractivity (Wildman–Crippen MR) is 72.7 cm³/mol. The largest absolute Gasteiger partial charge is 0.481 e. The highest BCUT2D eigenvalue weighted by Crippen LogP contribution is 2.38. The first-order valence-corrected chi connectivity index (χ1v) is 7.00. The van der Waals surface area contributed by atoms with Gasteiger partial charge in [-0.3, -0.25) is 14.3 Å². The Morgan fingerprint density at radius 1 is 1.45 bits per heavy atom. The van der Waals surface area contributed by atoms with E-state index in [1.54, 1.807) is 10.9 Å². The standard InChI is InChI=1S/C14H21N3O3/c1-3-9-6-11(12(7-9)14(19)20)13(18)15-8-10-4-5-16-17(10)2/h4-5,9,11-12H,3,6-8H2,1-2H3,(H,15,18)(H,19,20). The van der Waals surface area contributed by atoms with Crippen molar-refractivity contribution in [1.29, 1.82) is 0 Å². The third-order valence-electron chi connectivity index (χ3n) is 4.26. The Labute approximate surface area is 118 Å². The van der Waals surface area contributed by atoms with Gasteiger partial charge in [-0.1, -0.05) is 13.3 Å². The summed E-state index contributed by atoms with van der Waals surface area (Å²) in [4.78, 5) is 23.5. The first-order valence-electron chi connectivity index (χ1n) is 7.00. The number of aromatic nitrogens is 2. The molecule has 1 aromatic rings. The van der Waals surface area contributed by atoms with Crippen molar-refractivity contribution in [3.63, 3.8) is 0 Å². The molecule has 1 heterocycles. The van der Waals surface area contributed by atoms with E-state index in [9.17, 15) is 14.7 Å². The second kappa shape index (κ2) is 6.07. The summed E-state index contributed by atoms with van der Waals surface area (Å²) in [6.07, 6.45) is 3.87. The molecule has 3 atom stereocenters. The van der Waals surface area contributed by atoms with Crippen molar-refractivity contribution < 1.29 is 14.7 Å². The molecule has 1 amide bonds. The van der Waals surface area contributed by atoms with Crippen LogP contribution in [0.4, 0.5) is 0 Å². The highest BCUT2D eigenvalue weighted by Gasteiger charge is 2.41. The van der Waals surface area contributed by atoms with Crippen LogP contribution in [0.25, 0.3) is 0 Å². The first kappa shape index (κ1) is 14.6. The molecule has 110 valence electrons. The maximum absolute atomic E-state index is 12.2. The van der Waals surface area contributed by atoms with Gasteiger partial charge in [-0.15, -0.1) is 0 Å². The molecule has 0 radical (unpaired) electrons. The van der Waals surface area contributed by atoms with Gasteiger partial charge >= 0.3 is 5.97 Å². The summed E-state index contributed by atoms with van der Waals surface area (Å²) in [5, 5.41) is 16.1. The van der Waals surface area contributed by atoms with Gasteiger partial charge in [0.2, 0.25) is 5.91 Å². The molecule has 1 saturated carbocycles. The monoisotopic (exact) mass is 279 g/mol. The van der Waals surface area contributed by atoms with Crippen molar-refractivity contribution in [1.82, 2.24) is 15.1 Å². The van der Waals surface area contributed by atoms with Crippen LogP contribution in [0.3, 0.4) is 0 Å². The van der Waals surface area contributed by atoms with E-state index in [1.807, 2.05) is 20.0 Å². The van der Waals surface area contributed by atoms with Crippen molar-refractivity contribution in [2.45, 2.75) is 32.7 Å². The summed E-state index contributed by atoms with van der Waals surface area (Å²) in [5.41, 5.74) is 0.898. The van der Waals surface area contributed by atoms with Crippen molar-refractivity contribution >= 4 is 11.9 Å². The first-order chi connectivity index (χ1) is 9.52. The van der Waals surface area contributed by atoms with E-state index in [0.717, 1.165) is 12.1 Å². The maximum atomic E-state index is 12.2. The van der Waals surface area contributed by atoms with Crippen LogP contribution in [0.2, 0.25) is 0 Å². The van der Waals surface area contributed by atoms with Crippen molar-refractivity contribution in [2.75, 3.05) is 0 Å². The van der Waals surface area contributed by atoms with Gasteiger partial charge in [0.25, 0.3) is 0 Å². The Morgan fingerprint density at radius 3 is 2.70 bits per heavy atom. The van der Waals surface area contributed by atoms with E-state index in [0.29, 0.717) is 25.3 Å². The number of nitrogens with zero attached hydrogens (tertiary/aromatic N) is 2. The molecule has 0 saturated heterocycles. The van der Waals surface area contributed by atoms with Crippen molar-refractivity contribution in [2.24, 2.45) is 24.8 Å². The summed E-state index contributed by atoms with van der Waals surface area (Å²) >= 11 is 0. The number of nitrogens with one attached hydrogen (secondary N) is 1. The zero-order valence-corrected chi connectivity index (χ0v) is 11.9. The number of aliphatic carboxylic acids is 1. The van der Waals surface area contributed by atoms with Gasteiger partial charge in [0, 0.05) is 13.2 Å². The molecule has 6 nitrogen and oxygen atoms in total. The van der Waals surface area contributed by atoms with Crippen LogP contribution < -0.4 is 5.32 Å². The molecule has 1 fully saturated rings. The van der Waals surface area contributed by atoms with E-state index >= 15 is 0 Å². The summed E-state index contributed by atoms with van der Waals surface area (Å²) < 4.78 is 1.69. The number of carbonyl (C=O) groups is 2. The van der Waals surface area contributed by atoms with Crippen LogP contribution in [0.15, 0.2) is 12.3 Å². The Balaban J connectivity index is 1.97. The normalized spacial score (nSPS) is 25.6. The van der Waals surface area contributed by atoms with E-state index in [2.05, 4.69) is 10.4 Å². The smallest absolute Gasteiger partial charge is 0.307 e. The van der Waals surface area contributed by atoms with Crippen LogP contribution in [0.1, 0.15) is 31.9 Å². The average Bonchev–Trinajstić information content (AvgIpc) is 3.02. The third-order valence-corrected chi connectivity index (χ3v) is 4.26. The molecule has 2 rings (SSSR count). The number of carboxylic acid groups (broad SMARTS) is 1. The Morgan fingerprint density at radius 2 is 2.15 bits per heavy atom. The lowest BCUT2D eigenvalue weighted by Gasteiger charge is -2.15. The minimum absolute atomic E-state index is 0.158. The number of amides is 1. The number of carboxylic acids is 1. The molecular weight excluding hydrogens is 258 g/mol. The minimum Gasteiger partial charge on any atom is -0.481 e. The van der Waals surface area contributed by atoms with Crippen molar-refractivity contribution in [3.8, 4) is 0 Å². The van der Waals surface area contributed by atoms with Crippen LogP contribution in [0.5, 0.6) is 0 Å². The quantitative estimate of drug-likeness (QED) is 0.847. The predicted octanol–water partition coefficient (Wildman–Crippen LogP) is 1.17. The minimum atomic E-state index is -0.860. The highest BCUT2D eigenvalue weighted by atomic mass is 16.4. The van der Waals surface area contributed by atoms with Gasteiger partial charge in [-0.25, -0.2) is 0 Å². The van der Waals surface area contributed by atoms with Gasteiger partial charge in [0.05, 0.1) is 24.1 Å². The zero-order valence-electron chi connectivity index (χ0n) is 11.9. The summed E-state index contributed by atoms with van der Waals surface area (Å²) in [6, 6.07) is 1.83. The topological polar surface area (TPSA) is 84.2 Å². The Kier molecular flexibility index (Phi) is 4.42. The molecule has 1 aliphatic carbocycles. The van der Waals surface area contributed by atoms with Gasteiger partial charge < -0.3 is 10.4 Å². The Hall–Kier alpha value is -1.85. The molecule has 1 aromatic heterocycles. The summed E-state index contributed by atoms with van der Waals surface area (Å²) in [6.45, 7) is 2.43. The SMILES string of the molecule is CCC1CC(C(=O)O)C(C(=O)NCc2ccnn2C)C1. The van der Waals surface area contributed by atoms with E-state index in [1.165, 1.54) is 0 Å². The summed E-state index contributed by atoms with van der Waals surface area (Å²) in [5.74, 6) is -1.64. The number of hydrogen-bond donors (Lipinski definition) is 2. The molecule has 0 spiro atoms. The van der Waals surface area contributed by atoms with Crippen LogP contribution in [0, 0.1) is 17.8 Å². The number of aryl methyl sites for hydroxylation is 1. The molecule has 0 aromatic carbocycles. The second-order valence-corrected chi connectivity index (χ2v) is 5.46. The number of hydrogen-bond acceptors (Lipinski definition) is 3. The third kappa shape index (κ3) is 3.00. The maximum Gasteiger partial charge on any atom is 0.307 e. The lowest BCUT2D eigenvalue weighted by atomic mass is 9.95.